The highest BCUT2D eigenvalue weighted by atomic mass is 35.5. The van der Waals surface area contributed by atoms with Crippen LogP contribution in [0.25, 0.3) is 0 Å². The maximum absolute atomic E-state index is 13.5. The average molecular weight is 403 g/mol. The SMILES string of the molecule is CC#CC1CC1.OCC(C#CC1CC1)(c1cc(Cl)ccc1Cl)C(F)(F)F. The first-order chi connectivity index (χ1) is 12.2. The summed E-state index contributed by atoms with van der Waals surface area (Å²) in [6, 6.07) is 3.77. The minimum absolute atomic E-state index is 0.0266. The Balaban J connectivity index is 0.000000342. The molecule has 6 heteroatoms. The van der Waals surface area contributed by atoms with Crippen LogP contribution in [0, 0.1) is 35.5 Å². The molecule has 1 atom stereocenters. The summed E-state index contributed by atoms with van der Waals surface area (Å²) in [7, 11) is 0. The largest absolute Gasteiger partial charge is 0.411 e. The summed E-state index contributed by atoms with van der Waals surface area (Å²) in [6.07, 6.45) is -0.481. The smallest absolute Gasteiger partial charge is 0.394 e. The molecule has 1 nitrogen and oxygen atoms in total. The van der Waals surface area contributed by atoms with Gasteiger partial charge in [-0.1, -0.05) is 35.0 Å². The summed E-state index contributed by atoms with van der Waals surface area (Å²) in [6.45, 7) is 0.703. The summed E-state index contributed by atoms with van der Waals surface area (Å²) in [5, 5.41) is 9.38. The number of rotatable bonds is 2. The zero-order valence-electron chi connectivity index (χ0n) is 14.3. The highest BCUT2D eigenvalue weighted by Crippen LogP contribution is 2.44. The van der Waals surface area contributed by atoms with Crippen LogP contribution in [0.1, 0.15) is 38.2 Å². The predicted molar refractivity (Wildman–Crippen MR) is 98.0 cm³/mol. The van der Waals surface area contributed by atoms with E-state index in [1.807, 2.05) is 6.92 Å². The van der Waals surface area contributed by atoms with Crippen molar-refractivity contribution in [1.82, 2.24) is 0 Å². The Kier molecular flexibility index (Phi) is 6.92. The van der Waals surface area contributed by atoms with Crippen molar-refractivity contribution in [1.29, 1.82) is 0 Å². The Morgan fingerprint density at radius 3 is 2.08 bits per heavy atom. The van der Waals surface area contributed by atoms with E-state index in [9.17, 15) is 18.3 Å². The van der Waals surface area contributed by atoms with Gasteiger partial charge >= 0.3 is 6.18 Å². The topological polar surface area (TPSA) is 20.2 Å². The summed E-state index contributed by atoms with van der Waals surface area (Å²) in [4.78, 5) is 0. The Hall–Kier alpha value is -1.33. The van der Waals surface area contributed by atoms with Crippen molar-refractivity contribution in [3.8, 4) is 23.7 Å². The van der Waals surface area contributed by atoms with E-state index in [2.05, 4.69) is 23.7 Å². The van der Waals surface area contributed by atoms with Gasteiger partial charge in [0.1, 0.15) is 0 Å². The summed E-state index contributed by atoms with van der Waals surface area (Å²) in [5.41, 5.74) is -3.01. The number of hydrogen-bond donors (Lipinski definition) is 1. The first-order valence-electron chi connectivity index (χ1n) is 8.31. The van der Waals surface area contributed by atoms with E-state index in [0.717, 1.165) is 24.8 Å². The lowest BCUT2D eigenvalue weighted by atomic mass is 9.80. The molecule has 1 aromatic carbocycles. The number of alkyl halides is 3. The molecule has 3 rings (SSSR count). The third-order valence-corrected chi connectivity index (χ3v) is 4.67. The first kappa shape index (κ1) is 21.0. The molecule has 2 fully saturated rings. The van der Waals surface area contributed by atoms with Gasteiger partial charge in [0, 0.05) is 27.4 Å². The van der Waals surface area contributed by atoms with Crippen LogP contribution >= 0.6 is 23.2 Å². The monoisotopic (exact) mass is 402 g/mol. The highest BCUT2D eigenvalue weighted by molar-refractivity contribution is 6.33. The van der Waals surface area contributed by atoms with Crippen LogP contribution in [0.3, 0.4) is 0 Å². The summed E-state index contributed by atoms with van der Waals surface area (Å²) >= 11 is 11.6. The number of halogens is 5. The molecule has 26 heavy (non-hydrogen) atoms. The van der Waals surface area contributed by atoms with Crippen LogP contribution in [0.2, 0.25) is 10.0 Å². The van der Waals surface area contributed by atoms with Gasteiger partial charge in [-0.05, 0) is 50.8 Å². The molecule has 0 aromatic heterocycles. The van der Waals surface area contributed by atoms with Gasteiger partial charge in [-0.15, -0.1) is 11.8 Å². The first-order valence-corrected chi connectivity index (χ1v) is 9.07. The fourth-order valence-corrected chi connectivity index (χ4v) is 2.67. The van der Waals surface area contributed by atoms with Crippen molar-refractivity contribution < 1.29 is 18.3 Å². The predicted octanol–water partition coefficient (Wildman–Crippen LogP) is 5.62. The van der Waals surface area contributed by atoms with E-state index in [4.69, 9.17) is 23.2 Å². The maximum atomic E-state index is 13.5. The number of aliphatic hydroxyl groups is 1. The van der Waals surface area contributed by atoms with E-state index in [1.54, 1.807) is 0 Å². The van der Waals surface area contributed by atoms with Crippen molar-refractivity contribution >= 4 is 23.2 Å². The summed E-state index contributed by atoms with van der Waals surface area (Å²) in [5.74, 6) is 11.5. The molecule has 0 bridgehead atoms. The third kappa shape index (κ3) is 5.34. The maximum Gasteiger partial charge on any atom is 0.411 e. The van der Waals surface area contributed by atoms with Crippen LogP contribution in [0.15, 0.2) is 18.2 Å². The third-order valence-electron chi connectivity index (χ3n) is 4.10. The fraction of sp³-hybridized carbons (Fsp3) is 0.500. The van der Waals surface area contributed by atoms with Crippen LogP contribution in [0.4, 0.5) is 13.2 Å². The van der Waals surface area contributed by atoms with Crippen molar-refractivity contribution in [3.05, 3.63) is 33.8 Å². The van der Waals surface area contributed by atoms with E-state index in [0.29, 0.717) is 0 Å². The van der Waals surface area contributed by atoms with Gasteiger partial charge in [-0.2, -0.15) is 13.2 Å². The zero-order chi connectivity index (χ0) is 19.4. The molecular weight excluding hydrogens is 384 g/mol. The Labute approximate surface area is 161 Å². The normalized spacial score (nSPS) is 18.3. The minimum Gasteiger partial charge on any atom is -0.394 e. The molecule has 2 aliphatic rings. The fourth-order valence-electron chi connectivity index (χ4n) is 2.21. The molecule has 0 saturated heterocycles. The van der Waals surface area contributed by atoms with Gasteiger partial charge < -0.3 is 5.11 Å². The molecule has 2 aliphatic carbocycles. The van der Waals surface area contributed by atoms with Crippen LogP contribution in [-0.4, -0.2) is 17.9 Å². The molecule has 2 saturated carbocycles. The van der Waals surface area contributed by atoms with Gasteiger partial charge in [0.15, 0.2) is 5.41 Å². The Morgan fingerprint density at radius 2 is 1.65 bits per heavy atom. The second kappa shape index (κ2) is 8.57. The molecule has 0 radical (unpaired) electrons. The van der Waals surface area contributed by atoms with E-state index < -0.39 is 18.2 Å². The quantitative estimate of drug-likeness (QED) is 0.636. The average Bonchev–Trinajstić information content (AvgIpc) is 3.45. The molecule has 1 unspecified atom stereocenters. The van der Waals surface area contributed by atoms with Crippen molar-refractivity contribution in [2.75, 3.05) is 6.61 Å². The Bertz CT molecular complexity index is 759. The van der Waals surface area contributed by atoms with Gasteiger partial charge in [-0.25, -0.2) is 0 Å². The van der Waals surface area contributed by atoms with Gasteiger partial charge in [0.25, 0.3) is 0 Å². The lowest BCUT2D eigenvalue weighted by Crippen LogP contribution is -2.44. The second-order valence-corrected chi connectivity index (χ2v) is 7.24. The van der Waals surface area contributed by atoms with Crippen LogP contribution in [-0.2, 0) is 5.41 Å². The Morgan fingerprint density at radius 1 is 1.08 bits per heavy atom. The number of hydrogen-bond acceptors (Lipinski definition) is 1. The minimum atomic E-state index is -4.75. The van der Waals surface area contributed by atoms with Crippen molar-refractivity contribution in [3.63, 3.8) is 0 Å². The number of aliphatic hydroxyl groups excluding tert-OH is 1. The molecule has 140 valence electrons. The van der Waals surface area contributed by atoms with Gasteiger partial charge in [-0.3, -0.25) is 0 Å². The van der Waals surface area contributed by atoms with Gasteiger partial charge in [0.05, 0.1) is 6.61 Å². The lowest BCUT2D eigenvalue weighted by molar-refractivity contribution is -0.182. The van der Waals surface area contributed by atoms with Crippen molar-refractivity contribution in [2.24, 2.45) is 11.8 Å². The molecular formula is C20H19Cl2F3O. The van der Waals surface area contributed by atoms with Crippen LogP contribution in [0.5, 0.6) is 0 Å². The zero-order valence-corrected chi connectivity index (χ0v) is 15.8. The molecule has 1 N–H and O–H groups in total. The summed E-state index contributed by atoms with van der Waals surface area (Å²) < 4.78 is 40.4. The van der Waals surface area contributed by atoms with E-state index >= 15 is 0 Å². The lowest BCUT2D eigenvalue weighted by Gasteiger charge is -2.30. The van der Waals surface area contributed by atoms with Gasteiger partial charge in [0.2, 0.25) is 0 Å². The molecule has 0 heterocycles. The van der Waals surface area contributed by atoms with E-state index in [1.165, 1.54) is 25.0 Å². The standard InChI is InChI=1S/C14H11Cl2F3O.C6H8/c15-10-3-4-12(16)11(7-10)13(8-20,14(17,18)19)6-5-9-1-2-9;1-2-3-6-4-5-6/h3-4,7,9,20H,1-2,8H2;6H,4-5H2,1H3. The number of benzene rings is 1. The van der Waals surface area contributed by atoms with E-state index in [-0.39, 0.29) is 21.5 Å². The molecule has 1 aromatic rings. The molecule has 0 spiro atoms. The molecule has 0 aliphatic heterocycles. The van der Waals surface area contributed by atoms with Crippen LogP contribution < -0.4 is 0 Å². The van der Waals surface area contributed by atoms with Crippen molar-refractivity contribution in [2.45, 2.75) is 44.2 Å². The molecule has 0 amide bonds. The second-order valence-electron chi connectivity index (χ2n) is 6.40. The highest BCUT2D eigenvalue weighted by Gasteiger charge is 2.56.